The third-order valence-corrected chi connectivity index (χ3v) is 4.98. The Morgan fingerprint density at radius 1 is 1.33 bits per heavy atom. The highest BCUT2D eigenvalue weighted by Crippen LogP contribution is 2.27. The van der Waals surface area contributed by atoms with Crippen LogP contribution in [0.25, 0.3) is 0 Å². The zero-order valence-electron chi connectivity index (χ0n) is 11.2. The number of aromatic nitrogens is 2. The van der Waals surface area contributed by atoms with Gasteiger partial charge in [-0.3, -0.25) is 0 Å². The summed E-state index contributed by atoms with van der Waals surface area (Å²) in [6, 6.07) is 0.296. The molecule has 0 saturated heterocycles. The van der Waals surface area contributed by atoms with E-state index >= 15 is 0 Å². The summed E-state index contributed by atoms with van der Waals surface area (Å²) < 4.78 is 0. The van der Waals surface area contributed by atoms with Crippen molar-refractivity contribution >= 4 is 22.7 Å². The molecular formula is C13H19N3S2. The molecule has 0 bridgehead atoms. The molecule has 1 unspecified atom stereocenters. The molecule has 3 nitrogen and oxygen atoms in total. The van der Waals surface area contributed by atoms with Gasteiger partial charge in [0.15, 0.2) is 0 Å². The molecule has 0 aliphatic rings. The van der Waals surface area contributed by atoms with Crippen molar-refractivity contribution in [3.05, 3.63) is 32.7 Å². The summed E-state index contributed by atoms with van der Waals surface area (Å²) in [6.45, 7) is 9.59. The van der Waals surface area contributed by atoms with E-state index in [-0.39, 0.29) is 5.41 Å². The Bertz CT molecular complexity index is 483. The van der Waals surface area contributed by atoms with E-state index in [4.69, 9.17) is 0 Å². The standard InChI is InChI=1S/C13H19N3S2/c1-9(11-14-5-6-17-11)15-7-10-8-16-12(18-10)13(2,3)4/h5-6,8-9,15H,7H2,1-4H3. The Labute approximate surface area is 116 Å². The fourth-order valence-electron chi connectivity index (χ4n) is 1.53. The van der Waals surface area contributed by atoms with Gasteiger partial charge in [-0.1, -0.05) is 20.8 Å². The molecule has 1 atom stereocenters. The molecule has 0 fully saturated rings. The van der Waals surface area contributed by atoms with Gasteiger partial charge in [-0.25, -0.2) is 9.97 Å². The van der Waals surface area contributed by atoms with Crippen molar-refractivity contribution < 1.29 is 0 Å². The average molecular weight is 281 g/mol. The predicted molar refractivity (Wildman–Crippen MR) is 78.2 cm³/mol. The predicted octanol–water partition coefficient (Wildman–Crippen LogP) is 3.75. The van der Waals surface area contributed by atoms with Crippen LogP contribution in [0.15, 0.2) is 17.8 Å². The van der Waals surface area contributed by atoms with Crippen LogP contribution in [0.5, 0.6) is 0 Å². The van der Waals surface area contributed by atoms with Crippen LogP contribution < -0.4 is 5.32 Å². The number of thiazole rings is 2. The van der Waals surface area contributed by atoms with E-state index in [2.05, 4.69) is 43.0 Å². The molecule has 0 aromatic carbocycles. The fraction of sp³-hybridized carbons (Fsp3) is 0.538. The third-order valence-electron chi connectivity index (χ3n) is 2.60. The van der Waals surface area contributed by atoms with Gasteiger partial charge < -0.3 is 5.32 Å². The quantitative estimate of drug-likeness (QED) is 0.927. The zero-order chi connectivity index (χ0) is 13.2. The van der Waals surface area contributed by atoms with E-state index in [1.165, 1.54) is 9.88 Å². The van der Waals surface area contributed by atoms with Crippen molar-refractivity contribution in [2.45, 2.75) is 45.7 Å². The lowest BCUT2D eigenvalue weighted by Gasteiger charge is -2.13. The summed E-state index contributed by atoms with van der Waals surface area (Å²) in [7, 11) is 0. The van der Waals surface area contributed by atoms with Crippen molar-refractivity contribution in [1.82, 2.24) is 15.3 Å². The third kappa shape index (κ3) is 3.37. The van der Waals surface area contributed by atoms with E-state index in [1.54, 1.807) is 22.7 Å². The lowest BCUT2D eigenvalue weighted by atomic mass is 9.98. The number of hydrogen-bond acceptors (Lipinski definition) is 5. The van der Waals surface area contributed by atoms with Gasteiger partial charge in [0.25, 0.3) is 0 Å². The summed E-state index contributed by atoms with van der Waals surface area (Å²) in [5.41, 5.74) is 0.143. The number of nitrogens with one attached hydrogen (secondary N) is 1. The van der Waals surface area contributed by atoms with Crippen LogP contribution in [0.4, 0.5) is 0 Å². The molecule has 2 rings (SSSR count). The van der Waals surface area contributed by atoms with Crippen molar-refractivity contribution in [2.24, 2.45) is 0 Å². The van der Waals surface area contributed by atoms with Gasteiger partial charge in [-0.2, -0.15) is 0 Å². The largest absolute Gasteiger partial charge is 0.303 e. The summed E-state index contributed by atoms with van der Waals surface area (Å²) >= 11 is 3.48. The summed E-state index contributed by atoms with van der Waals surface area (Å²) in [5, 5.41) is 7.83. The topological polar surface area (TPSA) is 37.8 Å². The van der Waals surface area contributed by atoms with Crippen LogP contribution in [0.3, 0.4) is 0 Å². The summed E-state index contributed by atoms with van der Waals surface area (Å²) in [6.07, 6.45) is 3.83. The van der Waals surface area contributed by atoms with Crippen LogP contribution in [0.1, 0.15) is 48.6 Å². The average Bonchev–Trinajstić information content (AvgIpc) is 2.96. The minimum absolute atomic E-state index is 0.143. The second kappa shape index (κ2) is 5.47. The highest BCUT2D eigenvalue weighted by atomic mass is 32.1. The second-order valence-electron chi connectivity index (χ2n) is 5.35. The van der Waals surface area contributed by atoms with Gasteiger partial charge >= 0.3 is 0 Å². The molecule has 2 heterocycles. The van der Waals surface area contributed by atoms with Gasteiger partial charge in [0, 0.05) is 34.6 Å². The van der Waals surface area contributed by atoms with Crippen molar-refractivity contribution in [3.63, 3.8) is 0 Å². The van der Waals surface area contributed by atoms with Crippen molar-refractivity contribution in [2.75, 3.05) is 0 Å². The zero-order valence-corrected chi connectivity index (χ0v) is 12.9. The Morgan fingerprint density at radius 3 is 2.67 bits per heavy atom. The Morgan fingerprint density at radius 2 is 2.11 bits per heavy atom. The maximum Gasteiger partial charge on any atom is 0.109 e. The van der Waals surface area contributed by atoms with Crippen molar-refractivity contribution in [1.29, 1.82) is 0 Å². The minimum Gasteiger partial charge on any atom is -0.303 e. The second-order valence-corrected chi connectivity index (χ2v) is 7.40. The Hall–Kier alpha value is -0.780. The normalized spacial score (nSPS) is 13.8. The van der Waals surface area contributed by atoms with E-state index < -0.39 is 0 Å². The first-order valence-corrected chi connectivity index (χ1v) is 7.74. The van der Waals surface area contributed by atoms with E-state index in [0.29, 0.717) is 6.04 Å². The van der Waals surface area contributed by atoms with Gasteiger partial charge in [0.1, 0.15) is 5.01 Å². The lowest BCUT2D eigenvalue weighted by molar-refractivity contribution is 0.575. The maximum atomic E-state index is 4.49. The lowest BCUT2D eigenvalue weighted by Crippen LogP contribution is -2.17. The van der Waals surface area contributed by atoms with Gasteiger partial charge in [0.2, 0.25) is 0 Å². The highest BCUT2D eigenvalue weighted by molar-refractivity contribution is 7.11. The molecule has 0 radical (unpaired) electrons. The number of nitrogens with zero attached hydrogens (tertiary/aromatic N) is 2. The van der Waals surface area contributed by atoms with E-state index in [1.807, 2.05) is 17.8 Å². The molecule has 18 heavy (non-hydrogen) atoms. The van der Waals surface area contributed by atoms with Gasteiger partial charge in [0.05, 0.1) is 11.0 Å². The monoisotopic (exact) mass is 281 g/mol. The Balaban J connectivity index is 1.93. The highest BCUT2D eigenvalue weighted by Gasteiger charge is 2.18. The smallest absolute Gasteiger partial charge is 0.109 e. The maximum absolute atomic E-state index is 4.49. The molecule has 0 aliphatic heterocycles. The Kier molecular flexibility index (Phi) is 4.14. The van der Waals surface area contributed by atoms with Crippen LogP contribution in [0.2, 0.25) is 0 Å². The molecule has 5 heteroatoms. The SMILES string of the molecule is CC(NCc1cnc(C(C)(C)C)s1)c1nccs1. The molecule has 1 N–H and O–H groups in total. The van der Waals surface area contributed by atoms with Crippen LogP contribution in [0, 0.1) is 0 Å². The fourth-order valence-corrected chi connectivity index (χ4v) is 3.12. The summed E-state index contributed by atoms with van der Waals surface area (Å²) in [4.78, 5) is 10.1. The molecule has 0 saturated carbocycles. The molecule has 2 aromatic heterocycles. The number of hydrogen-bond donors (Lipinski definition) is 1. The molecular weight excluding hydrogens is 262 g/mol. The summed E-state index contributed by atoms with van der Waals surface area (Å²) in [5.74, 6) is 0. The molecule has 98 valence electrons. The van der Waals surface area contributed by atoms with E-state index in [9.17, 15) is 0 Å². The van der Waals surface area contributed by atoms with Gasteiger partial charge in [-0.05, 0) is 6.92 Å². The first kappa shape index (κ1) is 13.6. The first-order chi connectivity index (χ1) is 8.47. The van der Waals surface area contributed by atoms with E-state index in [0.717, 1.165) is 11.6 Å². The van der Waals surface area contributed by atoms with Crippen LogP contribution in [-0.4, -0.2) is 9.97 Å². The van der Waals surface area contributed by atoms with Crippen molar-refractivity contribution in [3.8, 4) is 0 Å². The van der Waals surface area contributed by atoms with Crippen LogP contribution >= 0.6 is 22.7 Å². The molecule has 0 aliphatic carbocycles. The number of rotatable bonds is 4. The minimum atomic E-state index is 0.143. The van der Waals surface area contributed by atoms with Gasteiger partial charge in [-0.15, -0.1) is 22.7 Å². The van der Waals surface area contributed by atoms with Crippen LogP contribution in [-0.2, 0) is 12.0 Å². The molecule has 0 amide bonds. The molecule has 2 aromatic rings. The molecule has 0 spiro atoms. The first-order valence-electron chi connectivity index (χ1n) is 6.05.